The van der Waals surface area contributed by atoms with Crippen LogP contribution in [0.4, 0.5) is 0 Å². The van der Waals surface area contributed by atoms with E-state index in [0.717, 1.165) is 22.4 Å². The number of hydrogen-bond donors (Lipinski definition) is 1. The van der Waals surface area contributed by atoms with Gasteiger partial charge in [-0.3, -0.25) is 9.59 Å². The number of methoxy groups -OCH3 is 1. The summed E-state index contributed by atoms with van der Waals surface area (Å²) >= 11 is 0. The van der Waals surface area contributed by atoms with Crippen LogP contribution in [-0.4, -0.2) is 24.0 Å². The number of aliphatic carboxylic acids is 1. The SMILES string of the molecule is CCC(C(=O)O)C(=O)c1c(C)cc(OC)c(C)c1C. The van der Waals surface area contributed by atoms with Gasteiger partial charge in [0, 0.05) is 5.56 Å². The van der Waals surface area contributed by atoms with Crippen molar-refractivity contribution in [1.29, 1.82) is 0 Å². The average Bonchev–Trinajstić information content (AvgIpc) is 2.34. The molecule has 0 saturated heterocycles. The van der Waals surface area contributed by atoms with Crippen LogP contribution in [0.15, 0.2) is 6.07 Å². The molecule has 104 valence electrons. The van der Waals surface area contributed by atoms with E-state index in [2.05, 4.69) is 0 Å². The summed E-state index contributed by atoms with van der Waals surface area (Å²) in [6, 6.07) is 1.78. The van der Waals surface area contributed by atoms with E-state index in [1.54, 1.807) is 27.0 Å². The summed E-state index contributed by atoms with van der Waals surface area (Å²) in [4.78, 5) is 23.5. The summed E-state index contributed by atoms with van der Waals surface area (Å²) in [7, 11) is 1.58. The van der Waals surface area contributed by atoms with Crippen LogP contribution >= 0.6 is 0 Å². The molecule has 1 unspecified atom stereocenters. The van der Waals surface area contributed by atoms with Crippen LogP contribution in [0.2, 0.25) is 0 Å². The highest BCUT2D eigenvalue weighted by Gasteiger charge is 2.28. The largest absolute Gasteiger partial charge is 0.496 e. The maximum Gasteiger partial charge on any atom is 0.314 e. The van der Waals surface area contributed by atoms with Crippen molar-refractivity contribution in [3.63, 3.8) is 0 Å². The topological polar surface area (TPSA) is 63.6 Å². The highest BCUT2D eigenvalue weighted by Crippen LogP contribution is 2.29. The second-order valence-corrected chi connectivity index (χ2v) is 4.68. The number of aryl methyl sites for hydroxylation is 1. The molecule has 4 heteroatoms. The molecule has 1 atom stereocenters. The van der Waals surface area contributed by atoms with Crippen molar-refractivity contribution in [3.8, 4) is 5.75 Å². The Balaban J connectivity index is 3.39. The molecule has 0 amide bonds. The minimum Gasteiger partial charge on any atom is -0.496 e. The smallest absolute Gasteiger partial charge is 0.314 e. The van der Waals surface area contributed by atoms with Gasteiger partial charge in [-0.15, -0.1) is 0 Å². The summed E-state index contributed by atoms with van der Waals surface area (Å²) in [6.07, 6.45) is 0.290. The Bertz CT molecular complexity index is 517. The van der Waals surface area contributed by atoms with Crippen molar-refractivity contribution in [2.45, 2.75) is 34.1 Å². The molecule has 0 spiro atoms. The summed E-state index contributed by atoms with van der Waals surface area (Å²) in [6.45, 7) is 7.20. The Hall–Kier alpha value is -1.84. The lowest BCUT2D eigenvalue weighted by molar-refractivity contribution is -0.140. The van der Waals surface area contributed by atoms with E-state index >= 15 is 0 Å². The van der Waals surface area contributed by atoms with Crippen molar-refractivity contribution >= 4 is 11.8 Å². The molecule has 1 aromatic carbocycles. The summed E-state index contributed by atoms with van der Waals surface area (Å²) in [5, 5.41) is 9.11. The summed E-state index contributed by atoms with van der Waals surface area (Å²) in [5.74, 6) is -1.66. The molecular formula is C15H20O4. The second-order valence-electron chi connectivity index (χ2n) is 4.68. The maximum absolute atomic E-state index is 12.4. The number of carbonyl (C=O) groups is 2. The Morgan fingerprint density at radius 3 is 2.26 bits per heavy atom. The third-order valence-corrected chi connectivity index (χ3v) is 3.54. The molecule has 1 aromatic rings. The van der Waals surface area contributed by atoms with Crippen LogP contribution in [0, 0.1) is 26.7 Å². The lowest BCUT2D eigenvalue weighted by atomic mass is 9.87. The van der Waals surface area contributed by atoms with Crippen LogP contribution in [0.1, 0.15) is 40.4 Å². The number of hydrogen-bond acceptors (Lipinski definition) is 3. The van der Waals surface area contributed by atoms with E-state index in [4.69, 9.17) is 9.84 Å². The van der Waals surface area contributed by atoms with Crippen molar-refractivity contribution in [1.82, 2.24) is 0 Å². The Morgan fingerprint density at radius 2 is 1.84 bits per heavy atom. The molecule has 0 aliphatic heterocycles. The van der Waals surface area contributed by atoms with Crippen LogP contribution in [-0.2, 0) is 4.79 Å². The van der Waals surface area contributed by atoms with Gasteiger partial charge in [-0.1, -0.05) is 6.92 Å². The molecule has 1 N–H and O–H groups in total. The lowest BCUT2D eigenvalue weighted by Crippen LogP contribution is -2.25. The molecule has 0 heterocycles. The van der Waals surface area contributed by atoms with E-state index in [1.807, 2.05) is 13.8 Å². The lowest BCUT2D eigenvalue weighted by Gasteiger charge is -2.17. The Kier molecular flexibility index (Phi) is 4.70. The van der Waals surface area contributed by atoms with Crippen molar-refractivity contribution < 1.29 is 19.4 Å². The Morgan fingerprint density at radius 1 is 1.26 bits per heavy atom. The van der Waals surface area contributed by atoms with Gasteiger partial charge in [0.1, 0.15) is 11.7 Å². The fourth-order valence-electron chi connectivity index (χ4n) is 2.28. The Labute approximate surface area is 113 Å². The molecule has 1 rings (SSSR count). The number of rotatable bonds is 5. The zero-order valence-corrected chi connectivity index (χ0v) is 12.0. The number of carboxylic acid groups (broad SMARTS) is 1. The van der Waals surface area contributed by atoms with E-state index in [9.17, 15) is 9.59 Å². The standard InChI is InChI=1S/C15H20O4/c1-6-11(15(17)18)14(16)13-8(2)7-12(19-5)9(3)10(13)4/h7,11H,6H2,1-5H3,(H,17,18). The van der Waals surface area contributed by atoms with E-state index in [1.165, 1.54) is 0 Å². The molecule has 19 heavy (non-hydrogen) atoms. The number of ketones is 1. The van der Waals surface area contributed by atoms with Gasteiger partial charge in [-0.2, -0.15) is 0 Å². The molecule has 0 aliphatic carbocycles. The maximum atomic E-state index is 12.4. The fraction of sp³-hybridized carbons (Fsp3) is 0.467. The van der Waals surface area contributed by atoms with Gasteiger partial charge in [0.15, 0.2) is 5.78 Å². The van der Waals surface area contributed by atoms with Gasteiger partial charge < -0.3 is 9.84 Å². The predicted molar refractivity (Wildman–Crippen MR) is 73.0 cm³/mol. The molecule has 0 radical (unpaired) electrons. The number of benzene rings is 1. The first-order valence-electron chi connectivity index (χ1n) is 6.26. The normalized spacial score (nSPS) is 12.1. The second kappa shape index (κ2) is 5.87. The average molecular weight is 264 g/mol. The highest BCUT2D eigenvalue weighted by atomic mass is 16.5. The summed E-state index contributed by atoms with van der Waals surface area (Å²) < 4.78 is 5.25. The first-order valence-corrected chi connectivity index (χ1v) is 6.26. The van der Waals surface area contributed by atoms with E-state index in [-0.39, 0.29) is 12.2 Å². The zero-order valence-electron chi connectivity index (χ0n) is 12.0. The molecule has 0 fully saturated rings. The van der Waals surface area contributed by atoms with Crippen LogP contribution in [0.25, 0.3) is 0 Å². The number of Topliss-reactive ketones (excluding diaryl/α,β-unsaturated/α-hetero) is 1. The quantitative estimate of drug-likeness (QED) is 0.656. The number of carboxylic acids is 1. The monoisotopic (exact) mass is 264 g/mol. The van der Waals surface area contributed by atoms with Gasteiger partial charge in [0.05, 0.1) is 7.11 Å². The van der Waals surface area contributed by atoms with Gasteiger partial charge >= 0.3 is 5.97 Å². The minimum absolute atomic E-state index is 0.290. The zero-order chi connectivity index (χ0) is 14.7. The molecule has 0 bridgehead atoms. The molecule has 0 aromatic heterocycles. The molecule has 0 aliphatic rings. The number of carbonyl (C=O) groups excluding carboxylic acids is 1. The summed E-state index contributed by atoms with van der Waals surface area (Å²) in [5.41, 5.74) is 2.93. The number of ether oxygens (including phenoxy) is 1. The molecule has 4 nitrogen and oxygen atoms in total. The van der Waals surface area contributed by atoms with Gasteiger partial charge in [0.2, 0.25) is 0 Å². The van der Waals surface area contributed by atoms with Gasteiger partial charge in [-0.05, 0) is 49.9 Å². The van der Waals surface area contributed by atoms with Crippen molar-refractivity contribution in [2.75, 3.05) is 7.11 Å². The van der Waals surface area contributed by atoms with Crippen LogP contribution in [0.3, 0.4) is 0 Å². The predicted octanol–water partition coefficient (Wildman–Crippen LogP) is 2.91. The van der Waals surface area contributed by atoms with Gasteiger partial charge in [-0.25, -0.2) is 0 Å². The molecule has 0 saturated carbocycles. The van der Waals surface area contributed by atoms with E-state index in [0.29, 0.717) is 5.56 Å². The highest BCUT2D eigenvalue weighted by molar-refractivity contribution is 6.10. The minimum atomic E-state index is -1.07. The van der Waals surface area contributed by atoms with Crippen LogP contribution < -0.4 is 4.74 Å². The van der Waals surface area contributed by atoms with Gasteiger partial charge in [0.25, 0.3) is 0 Å². The van der Waals surface area contributed by atoms with Crippen LogP contribution in [0.5, 0.6) is 5.75 Å². The molecular weight excluding hydrogens is 244 g/mol. The first-order chi connectivity index (χ1) is 8.84. The third kappa shape index (κ3) is 2.78. The van der Waals surface area contributed by atoms with Crippen molar-refractivity contribution in [2.24, 2.45) is 5.92 Å². The first kappa shape index (κ1) is 15.2. The fourth-order valence-corrected chi connectivity index (χ4v) is 2.28. The van der Waals surface area contributed by atoms with E-state index < -0.39 is 11.9 Å². The van der Waals surface area contributed by atoms with Crippen molar-refractivity contribution in [3.05, 3.63) is 28.3 Å². The third-order valence-electron chi connectivity index (χ3n) is 3.54.